The summed E-state index contributed by atoms with van der Waals surface area (Å²) in [7, 11) is 0. The zero-order chi connectivity index (χ0) is 9.97. The van der Waals surface area contributed by atoms with Crippen LogP contribution in [0.4, 0.5) is 0 Å². The molecule has 0 aromatic carbocycles. The molecule has 0 amide bonds. The van der Waals surface area contributed by atoms with Crippen LogP contribution in [0.15, 0.2) is 31.1 Å². The van der Waals surface area contributed by atoms with E-state index in [4.69, 9.17) is 4.74 Å². The van der Waals surface area contributed by atoms with Crippen LogP contribution in [0.25, 0.3) is 5.52 Å². The fourth-order valence-corrected chi connectivity index (χ4v) is 1.27. The van der Waals surface area contributed by atoms with Gasteiger partial charge in [0.1, 0.15) is 12.1 Å². The summed E-state index contributed by atoms with van der Waals surface area (Å²) in [6.07, 6.45) is 5.15. The maximum Gasteiger partial charge on any atom is 0.240 e. The minimum atomic E-state index is 0.455. The molecule has 2 aromatic rings. The maximum absolute atomic E-state index is 5.39. The smallest absolute Gasteiger partial charge is 0.240 e. The van der Waals surface area contributed by atoms with Crippen LogP contribution in [0.5, 0.6) is 5.88 Å². The average molecular weight is 189 g/mol. The Bertz CT molecular complexity index is 461. The van der Waals surface area contributed by atoms with E-state index in [-0.39, 0.29) is 0 Å². The molecule has 0 atom stereocenters. The molecule has 0 bridgehead atoms. The van der Waals surface area contributed by atoms with Gasteiger partial charge >= 0.3 is 0 Å². The van der Waals surface area contributed by atoms with Crippen LogP contribution in [0, 0.1) is 6.92 Å². The fraction of sp³-hybridized carbons (Fsp3) is 0.200. The highest BCUT2D eigenvalue weighted by molar-refractivity contribution is 5.56. The second-order valence-electron chi connectivity index (χ2n) is 2.95. The normalized spacial score (nSPS) is 10.4. The molecule has 0 aliphatic rings. The molecule has 4 nitrogen and oxygen atoms in total. The molecule has 72 valence electrons. The van der Waals surface area contributed by atoms with Crippen molar-refractivity contribution >= 4 is 5.52 Å². The molecular weight excluding hydrogens is 178 g/mol. The van der Waals surface area contributed by atoms with Crippen molar-refractivity contribution in [3.63, 3.8) is 0 Å². The lowest BCUT2D eigenvalue weighted by Crippen LogP contribution is -1.98. The number of hydrogen-bond acceptors (Lipinski definition) is 3. The molecule has 2 rings (SSSR count). The Morgan fingerprint density at radius 3 is 3.29 bits per heavy atom. The topological polar surface area (TPSA) is 39.4 Å². The minimum Gasteiger partial charge on any atom is -0.472 e. The zero-order valence-electron chi connectivity index (χ0n) is 7.97. The van der Waals surface area contributed by atoms with Crippen molar-refractivity contribution in [1.29, 1.82) is 0 Å². The summed E-state index contributed by atoms with van der Waals surface area (Å²) in [6.45, 7) is 5.98. The molecule has 14 heavy (non-hydrogen) atoms. The van der Waals surface area contributed by atoms with Crippen LogP contribution < -0.4 is 4.74 Å². The van der Waals surface area contributed by atoms with Crippen molar-refractivity contribution < 1.29 is 4.74 Å². The lowest BCUT2D eigenvalue weighted by Gasteiger charge is -2.02. The van der Waals surface area contributed by atoms with Gasteiger partial charge in [0.25, 0.3) is 0 Å². The quantitative estimate of drug-likeness (QED) is 0.688. The molecule has 2 heterocycles. The molecule has 0 spiro atoms. The van der Waals surface area contributed by atoms with Gasteiger partial charge in [0.2, 0.25) is 5.88 Å². The molecule has 0 aliphatic carbocycles. The molecule has 0 fully saturated rings. The van der Waals surface area contributed by atoms with Crippen LogP contribution in [-0.2, 0) is 0 Å². The first-order valence-corrected chi connectivity index (χ1v) is 4.36. The van der Waals surface area contributed by atoms with Crippen molar-refractivity contribution in [3.05, 3.63) is 36.8 Å². The van der Waals surface area contributed by atoms with Gasteiger partial charge in [-0.15, -0.1) is 0 Å². The van der Waals surface area contributed by atoms with E-state index in [9.17, 15) is 0 Å². The van der Waals surface area contributed by atoms with Crippen LogP contribution in [-0.4, -0.2) is 21.2 Å². The highest BCUT2D eigenvalue weighted by Crippen LogP contribution is 2.16. The summed E-state index contributed by atoms with van der Waals surface area (Å²) in [6, 6.07) is 1.94. The van der Waals surface area contributed by atoms with Gasteiger partial charge in [0.15, 0.2) is 0 Å². The van der Waals surface area contributed by atoms with Gasteiger partial charge in [-0.3, -0.25) is 0 Å². The van der Waals surface area contributed by atoms with Gasteiger partial charge in [0, 0.05) is 12.4 Å². The van der Waals surface area contributed by atoms with Gasteiger partial charge in [0.05, 0.1) is 5.69 Å². The van der Waals surface area contributed by atoms with E-state index in [0.717, 1.165) is 11.2 Å². The standard InChI is InChI=1S/C10H11N3O/c1-3-6-14-10-9-7-8(2)12-13(9)5-4-11-10/h3-5,7H,1,6H2,2H3. The van der Waals surface area contributed by atoms with E-state index < -0.39 is 0 Å². The molecule has 0 saturated carbocycles. The number of rotatable bonds is 3. The van der Waals surface area contributed by atoms with Gasteiger partial charge in [-0.2, -0.15) is 5.10 Å². The van der Waals surface area contributed by atoms with E-state index in [1.807, 2.05) is 13.0 Å². The van der Waals surface area contributed by atoms with E-state index in [1.165, 1.54) is 0 Å². The number of ether oxygens (including phenoxy) is 1. The molecule has 0 aliphatic heterocycles. The molecule has 4 heteroatoms. The first kappa shape index (κ1) is 8.74. The van der Waals surface area contributed by atoms with Crippen molar-refractivity contribution in [2.24, 2.45) is 0 Å². The zero-order valence-corrected chi connectivity index (χ0v) is 7.97. The highest BCUT2D eigenvalue weighted by Gasteiger charge is 2.04. The Hall–Kier alpha value is -1.84. The third-order valence-electron chi connectivity index (χ3n) is 1.81. The van der Waals surface area contributed by atoms with Crippen molar-refractivity contribution in [3.8, 4) is 5.88 Å². The lowest BCUT2D eigenvalue weighted by molar-refractivity contribution is 0.351. The molecular formula is C10H11N3O. The van der Waals surface area contributed by atoms with Crippen molar-refractivity contribution in [2.45, 2.75) is 6.92 Å². The molecule has 0 saturated heterocycles. The van der Waals surface area contributed by atoms with E-state index in [2.05, 4.69) is 16.7 Å². The van der Waals surface area contributed by atoms with Gasteiger partial charge < -0.3 is 4.74 Å². The van der Waals surface area contributed by atoms with Crippen LogP contribution in [0.3, 0.4) is 0 Å². The lowest BCUT2D eigenvalue weighted by atomic mass is 10.4. The Balaban J connectivity index is 2.47. The average Bonchev–Trinajstić information content (AvgIpc) is 2.55. The maximum atomic E-state index is 5.39. The van der Waals surface area contributed by atoms with E-state index in [1.54, 1.807) is 23.0 Å². The van der Waals surface area contributed by atoms with Crippen molar-refractivity contribution in [1.82, 2.24) is 14.6 Å². The summed E-state index contributed by atoms with van der Waals surface area (Å²) >= 11 is 0. The molecule has 2 aromatic heterocycles. The van der Waals surface area contributed by atoms with Gasteiger partial charge in [-0.25, -0.2) is 9.50 Å². The number of fused-ring (bicyclic) bond motifs is 1. The Labute approximate surface area is 81.8 Å². The van der Waals surface area contributed by atoms with Crippen LogP contribution in [0.1, 0.15) is 5.69 Å². The summed E-state index contributed by atoms with van der Waals surface area (Å²) in [4.78, 5) is 4.13. The number of nitrogens with zero attached hydrogens (tertiary/aromatic N) is 3. The second kappa shape index (κ2) is 3.49. The molecule has 0 unspecified atom stereocenters. The Morgan fingerprint density at radius 1 is 1.64 bits per heavy atom. The number of aromatic nitrogens is 3. The fourth-order valence-electron chi connectivity index (χ4n) is 1.27. The predicted octanol–water partition coefficient (Wildman–Crippen LogP) is 1.60. The van der Waals surface area contributed by atoms with Crippen LogP contribution >= 0.6 is 0 Å². The second-order valence-corrected chi connectivity index (χ2v) is 2.95. The predicted molar refractivity (Wildman–Crippen MR) is 53.4 cm³/mol. The molecule has 0 radical (unpaired) electrons. The monoisotopic (exact) mass is 189 g/mol. The Morgan fingerprint density at radius 2 is 2.50 bits per heavy atom. The van der Waals surface area contributed by atoms with E-state index in [0.29, 0.717) is 12.5 Å². The largest absolute Gasteiger partial charge is 0.472 e. The summed E-state index contributed by atoms with van der Waals surface area (Å²) < 4.78 is 7.14. The van der Waals surface area contributed by atoms with Gasteiger partial charge in [-0.1, -0.05) is 12.7 Å². The SMILES string of the molecule is C=CCOc1nccn2nc(C)cc12. The third kappa shape index (κ3) is 1.46. The number of hydrogen-bond donors (Lipinski definition) is 0. The Kier molecular flexibility index (Phi) is 2.18. The minimum absolute atomic E-state index is 0.455. The van der Waals surface area contributed by atoms with Crippen molar-refractivity contribution in [2.75, 3.05) is 6.61 Å². The summed E-state index contributed by atoms with van der Waals surface area (Å²) in [5, 5.41) is 4.25. The first-order chi connectivity index (χ1) is 6.81. The van der Waals surface area contributed by atoms with Crippen LogP contribution in [0.2, 0.25) is 0 Å². The number of aryl methyl sites for hydroxylation is 1. The first-order valence-electron chi connectivity index (χ1n) is 4.36. The third-order valence-corrected chi connectivity index (χ3v) is 1.81. The van der Waals surface area contributed by atoms with Gasteiger partial charge in [-0.05, 0) is 13.0 Å². The summed E-state index contributed by atoms with van der Waals surface area (Å²) in [5.74, 6) is 0.591. The molecule has 0 N–H and O–H groups in total. The van der Waals surface area contributed by atoms with E-state index >= 15 is 0 Å². The summed E-state index contributed by atoms with van der Waals surface area (Å²) in [5.41, 5.74) is 1.83. The highest BCUT2D eigenvalue weighted by atomic mass is 16.5.